The van der Waals surface area contributed by atoms with E-state index in [4.69, 9.17) is 4.74 Å². The lowest BCUT2D eigenvalue weighted by molar-refractivity contribution is -0.136. The Morgan fingerprint density at radius 3 is 2.63 bits per heavy atom. The van der Waals surface area contributed by atoms with E-state index in [9.17, 15) is 9.59 Å². The third kappa shape index (κ3) is 5.01. The van der Waals surface area contributed by atoms with Gasteiger partial charge in [0, 0.05) is 12.0 Å². The van der Waals surface area contributed by atoms with E-state index in [2.05, 4.69) is 0 Å². The summed E-state index contributed by atoms with van der Waals surface area (Å²) in [6, 6.07) is 0. The Kier molecular flexibility index (Phi) is 6.00. The second-order valence-corrected chi connectivity index (χ2v) is 5.64. The number of ketones is 1. The maximum atomic E-state index is 11.8. The van der Waals surface area contributed by atoms with Gasteiger partial charge in [-0.3, -0.25) is 4.79 Å². The summed E-state index contributed by atoms with van der Waals surface area (Å²) < 4.78 is 4.72. The van der Waals surface area contributed by atoms with Crippen molar-refractivity contribution in [2.75, 3.05) is 7.11 Å². The van der Waals surface area contributed by atoms with E-state index < -0.39 is 0 Å². The van der Waals surface area contributed by atoms with Gasteiger partial charge in [-0.2, -0.15) is 0 Å². The molecule has 0 spiro atoms. The van der Waals surface area contributed by atoms with Gasteiger partial charge in [-0.05, 0) is 44.1 Å². The standard InChI is InChI=1S/C16H24O3/c1-11(2)9-15(17)10-12(3)13-5-7-14(8-6-13)16(18)19-4/h7,10-11,13H,5-6,8-9H2,1-4H3. The Balaban J connectivity index is 2.59. The molecule has 106 valence electrons. The Hall–Kier alpha value is -1.38. The molecule has 1 aliphatic rings. The van der Waals surface area contributed by atoms with Crippen LogP contribution in [0.4, 0.5) is 0 Å². The number of carbonyl (C=O) groups is 2. The Bertz CT molecular complexity index is 402. The van der Waals surface area contributed by atoms with Crippen LogP contribution >= 0.6 is 0 Å². The molecule has 0 aromatic rings. The first-order valence-electron chi connectivity index (χ1n) is 6.92. The third-order valence-electron chi connectivity index (χ3n) is 3.50. The van der Waals surface area contributed by atoms with E-state index >= 15 is 0 Å². The number of carbonyl (C=O) groups excluding carboxylic acids is 2. The summed E-state index contributed by atoms with van der Waals surface area (Å²) in [5.74, 6) is 0.754. The molecule has 0 heterocycles. The molecule has 0 N–H and O–H groups in total. The summed E-state index contributed by atoms with van der Waals surface area (Å²) in [5, 5.41) is 0. The molecule has 1 aliphatic carbocycles. The van der Waals surface area contributed by atoms with Crippen molar-refractivity contribution in [1.29, 1.82) is 0 Å². The van der Waals surface area contributed by atoms with Crippen molar-refractivity contribution in [2.45, 2.75) is 46.5 Å². The van der Waals surface area contributed by atoms with E-state index in [1.54, 1.807) is 6.08 Å². The second kappa shape index (κ2) is 7.27. The molecule has 19 heavy (non-hydrogen) atoms. The average Bonchev–Trinajstić information content (AvgIpc) is 2.36. The number of allylic oxidation sites excluding steroid dienone is 3. The zero-order chi connectivity index (χ0) is 14.4. The fraction of sp³-hybridized carbons (Fsp3) is 0.625. The molecule has 0 amide bonds. The molecule has 0 aromatic carbocycles. The molecular weight excluding hydrogens is 240 g/mol. The van der Waals surface area contributed by atoms with Gasteiger partial charge in [0.1, 0.15) is 0 Å². The first kappa shape index (κ1) is 15.7. The van der Waals surface area contributed by atoms with Crippen LogP contribution in [0.3, 0.4) is 0 Å². The quantitative estimate of drug-likeness (QED) is 0.564. The van der Waals surface area contributed by atoms with Gasteiger partial charge in [-0.1, -0.05) is 25.5 Å². The van der Waals surface area contributed by atoms with Crippen molar-refractivity contribution in [2.24, 2.45) is 11.8 Å². The largest absolute Gasteiger partial charge is 0.466 e. The predicted molar refractivity (Wildman–Crippen MR) is 75.7 cm³/mol. The molecule has 3 heteroatoms. The Morgan fingerprint density at radius 2 is 2.16 bits per heavy atom. The highest BCUT2D eigenvalue weighted by atomic mass is 16.5. The number of esters is 1. The number of hydrogen-bond donors (Lipinski definition) is 0. The number of ether oxygens (including phenoxy) is 1. The van der Waals surface area contributed by atoms with Gasteiger partial charge in [0.05, 0.1) is 7.11 Å². The SMILES string of the molecule is COC(=O)C1=CCC(C(C)=CC(=O)CC(C)C)CC1. The molecule has 3 nitrogen and oxygen atoms in total. The highest BCUT2D eigenvalue weighted by Gasteiger charge is 2.20. The highest BCUT2D eigenvalue weighted by Crippen LogP contribution is 2.29. The molecule has 0 bridgehead atoms. The lowest BCUT2D eigenvalue weighted by Gasteiger charge is -2.21. The summed E-state index contributed by atoms with van der Waals surface area (Å²) in [6.07, 6.45) is 6.81. The molecule has 0 aromatic heterocycles. The van der Waals surface area contributed by atoms with Crippen molar-refractivity contribution in [3.63, 3.8) is 0 Å². The monoisotopic (exact) mass is 264 g/mol. The van der Waals surface area contributed by atoms with Crippen LogP contribution in [0.15, 0.2) is 23.3 Å². The van der Waals surface area contributed by atoms with Crippen LogP contribution in [-0.4, -0.2) is 18.9 Å². The van der Waals surface area contributed by atoms with E-state index in [1.165, 1.54) is 7.11 Å². The van der Waals surface area contributed by atoms with E-state index in [0.29, 0.717) is 18.3 Å². The summed E-state index contributed by atoms with van der Waals surface area (Å²) in [7, 11) is 1.41. The highest BCUT2D eigenvalue weighted by molar-refractivity contribution is 5.90. The van der Waals surface area contributed by atoms with Gasteiger partial charge in [0.2, 0.25) is 0 Å². The van der Waals surface area contributed by atoms with Crippen molar-refractivity contribution in [3.05, 3.63) is 23.3 Å². The van der Waals surface area contributed by atoms with Crippen LogP contribution in [0, 0.1) is 11.8 Å². The summed E-state index contributed by atoms with van der Waals surface area (Å²) in [6.45, 7) is 6.11. The molecule has 1 atom stereocenters. The average molecular weight is 264 g/mol. The van der Waals surface area contributed by atoms with Gasteiger partial charge < -0.3 is 4.74 Å². The molecule has 1 unspecified atom stereocenters. The van der Waals surface area contributed by atoms with E-state index in [-0.39, 0.29) is 11.8 Å². The van der Waals surface area contributed by atoms with Gasteiger partial charge in [0.15, 0.2) is 5.78 Å². The Morgan fingerprint density at radius 1 is 1.47 bits per heavy atom. The molecule has 0 saturated carbocycles. The minimum Gasteiger partial charge on any atom is -0.466 e. The van der Waals surface area contributed by atoms with Crippen molar-refractivity contribution >= 4 is 11.8 Å². The van der Waals surface area contributed by atoms with E-state index in [1.807, 2.05) is 26.8 Å². The molecular formula is C16H24O3. The minimum absolute atomic E-state index is 0.204. The fourth-order valence-electron chi connectivity index (χ4n) is 2.40. The maximum Gasteiger partial charge on any atom is 0.333 e. The molecule has 0 saturated heterocycles. The van der Waals surface area contributed by atoms with Crippen LogP contribution in [-0.2, 0) is 14.3 Å². The van der Waals surface area contributed by atoms with Gasteiger partial charge in [-0.25, -0.2) is 4.79 Å². The smallest absolute Gasteiger partial charge is 0.333 e. The molecule has 0 fully saturated rings. The zero-order valence-corrected chi connectivity index (χ0v) is 12.4. The van der Waals surface area contributed by atoms with Crippen LogP contribution in [0.1, 0.15) is 46.5 Å². The lowest BCUT2D eigenvalue weighted by atomic mass is 9.84. The van der Waals surface area contributed by atoms with E-state index in [0.717, 1.165) is 30.4 Å². The first-order valence-corrected chi connectivity index (χ1v) is 6.92. The topological polar surface area (TPSA) is 43.4 Å². The van der Waals surface area contributed by atoms with Crippen LogP contribution in [0.2, 0.25) is 0 Å². The molecule has 0 aliphatic heterocycles. The number of methoxy groups -OCH3 is 1. The van der Waals surface area contributed by atoms with Crippen LogP contribution in [0.5, 0.6) is 0 Å². The van der Waals surface area contributed by atoms with Gasteiger partial charge >= 0.3 is 5.97 Å². The van der Waals surface area contributed by atoms with Gasteiger partial charge in [-0.15, -0.1) is 0 Å². The van der Waals surface area contributed by atoms with Crippen molar-refractivity contribution < 1.29 is 14.3 Å². The second-order valence-electron chi connectivity index (χ2n) is 5.64. The van der Waals surface area contributed by atoms with Crippen molar-refractivity contribution in [1.82, 2.24) is 0 Å². The summed E-state index contributed by atoms with van der Waals surface area (Å²) in [4.78, 5) is 23.1. The summed E-state index contributed by atoms with van der Waals surface area (Å²) in [5.41, 5.74) is 1.89. The van der Waals surface area contributed by atoms with Crippen LogP contribution < -0.4 is 0 Å². The predicted octanol–water partition coefficient (Wildman–Crippen LogP) is 3.45. The fourth-order valence-corrected chi connectivity index (χ4v) is 2.40. The number of rotatable bonds is 5. The lowest BCUT2D eigenvalue weighted by Crippen LogP contribution is -2.14. The third-order valence-corrected chi connectivity index (χ3v) is 3.50. The summed E-state index contributed by atoms with van der Waals surface area (Å²) >= 11 is 0. The zero-order valence-electron chi connectivity index (χ0n) is 12.4. The Labute approximate surface area is 115 Å². The first-order chi connectivity index (χ1) is 8.93. The normalized spacial score (nSPS) is 20.2. The number of hydrogen-bond acceptors (Lipinski definition) is 3. The van der Waals surface area contributed by atoms with Gasteiger partial charge in [0.25, 0.3) is 0 Å². The molecule has 1 rings (SSSR count). The van der Waals surface area contributed by atoms with Crippen molar-refractivity contribution in [3.8, 4) is 0 Å². The molecule has 0 radical (unpaired) electrons. The minimum atomic E-state index is -0.226. The maximum absolute atomic E-state index is 11.8. The van der Waals surface area contributed by atoms with Crippen LogP contribution in [0.25, 0.3) is 0 Å².